The summed E-state index contributed by atoms with van der Waals surface area (Å²) in [5, 5.41) is 11.0. The number of carboxylic acid groups (broad SMARTS) is 1. The minimum atomic E-state index is -1.54. The van der Waals surface area contributed by atoms with Gasteiger partial charge in [-0.3, -0.25) is 9.59 Å². The number of anilines is 1. The van der Waals surface area contributed by atoms with Crippen molar-refractivity contribution in [1.82, 2.24) is 0 Å². The molecule has 0 bridgehead atoms. The number of rotatable bonds is 4. The summed E-state index contributed by atoms with van der Waals surface area (Å²) in [4.78, 5) is 32.7. The number of carboxylic acids is 1. The molecular weight excluding hydrogens is 224 g/mol. The van der Waals surface area contributed by atoms with Gasteiger partial charge in [-0.1, -0.05) is 18.2 Å². The summed E-state index contributed by atoms with van der Waals surface area (Å²) in [6.07, 6.45) is 0.650. The zero-order valence-corrected chi connectivity index (χ0v) is 8.71. The molecule has 0 unspecified atom stereocenters. The normalized spacial score (nSPS) is 10.7. The average Bonchev–Trinajstić information content (AvgIpc) is 2.26. The molecule has 0 aliphatic carbocycles. The second kappa shape index (κ2) is 5.45. The van der Waals surface area contributed by atoms with E-state index in [1.807, 2.05) is 0 Å². The standard InChI is InChI=1S/C11H10N2O4/c12-10(15)8(11(16)17)6-9(14)13-7-4-2-1-3-5-7/h1-6H,(H2,12,15)(H,13,14)(H,16,17). The van der Waals surface area contributed by atoms with Crippen molar-refractivity contribution in [3.63, 3.8) is 0 Å². The smallest absolute Gasteiger partial charge is 0.341 e. The first-order valence-corrected chi connectivity index (χ1v) is 4.61. The molecule has 88 valence electrons. The van der Waals surface area contributed by atoms with Crippen molar-refractivity contribution in [3.05, 3.63) is 42.0 Å². The monoisotopic (exact) mass is 234 g/mol. The van der Waals surface area contributed by atoms with E-state index in [-0.39, 0.29) is 0 Å². The summed E-state index contributed by atoms with van der Waals surface area (Å²) in [6.45, 7) is 0. The van der Waals surface area contributed by atoms with Crippen LogP contribution in [0.5, 0.6) is 0 Å². The summed E-state index contributed by atoms with van der Waals surface area (Å²) < 4.78 is 0. The molecule has 0 aliphatic rings. The maximum absolute atomic E-state index is 11.4. The molecule has 2 amide bonds. The summed E-state index contributed by atoms with van der Waals surface area (Å²) in [7, 11) is 0. The van der Waals surface area contributed by atoms with E-state index in [1.165, 1.54) is 0 Å². The molecule has 0 aromatic heterocycles. The van der Waals surface area contributed by atoms with Gasteiger partial charge in [-0.25, -0.2) is 4.79 Å². The van der Waals surface area contributed by atoms with Crippen LogP contribution in [0.1, 0.15) is 0 Å². The number of hydrogen-bond donors (Lipinski definition) is 3. The molecule has 0 atom stereocenters. The molecule has 0 saturated carbocycles. The van der Waals surface area contributed by atoms with Crippen LogP contribution in [0, 0.1) is 0 Å². The molecule has 0 saturated heterocycles. The van der Waals surface area contributed by atoms with E-state index in [4.69, 9.17) is 10.8 Å². The molecule has 4 N–H and O–H groups in total. The van der Waals surface area contributed by atoms with Gasteiger partial charge in [0.2, 0.25) is 5.91 Å². The molecule has 6 heteroatoms. The van der Waals surface area contributed by atoms with Crippen molar-refractivity contribution in [3.8, 4) is 0 Å². The molecule has 0 fully saturated rings. The maximum Gasteiger partial charge on any atom is 0.341 e. The van der Waals surface area contributed by atoms with E-state index in [0.717, 1.165) is 0 Å². The maximum atomic E-state index is 11.4. The van der Waals surface area contributed by atoms with Gasteiger partial charge in [-0.15, -0.1) is 0 Å². The molecule has 1 rings (SSSR count). The molecule has 0 heterocycles. The largest absolute Gasteiger partial charge is 0.477 e. The van der Waals surface area contributed by atoms with Gasteiger partial charge in [0.1, 0.15) is 5.57 Å². The molecule has 0 aliphatic heterocycles. The Morgan fingerprint density at radius 2 is 1.76 bits per heavy atom. The number of benzene rings is 1. The number of amides is 2. The lowest BCUT2D eigenvalue weighted by atomic mass is 10.2. The Morgan fingerprint density at radius 3 is 2.24 bits per heavy atom. The van der Waals surface area contributed by atoms with E-state index >= 15 is 0 Å². The van der Waals surface area contributed by atoms with Gasteiger partial charge >= 0.3 is 5.97 Å². The first-order valence-electron chi connectivity index (χ1n) is 4.61. The van der Waals surface area contributed by atoms with Gasteiger partial charge < -0.3 is 16.2 Å². The summed E-state index contributed by atoms with van der Waals surface area (Å²) in [5.74, 6) is -3.44. The number of carbonyl (C=O) groups excluding carboxylic acids is 2. The minimum Gasteiger partial charge on any atom is -0.477 e. The van der Waals surface area contributed by atoms with Crippen LogP contribution in [-0.2, 0) is 14.4 Å². The topological polar surface area (TPSA) is 109 Å². The summed E-state index contributed by atoms with van der Waals surface area (Å²) in [5.41, 5.74) is 4.53. The number of carbonyl (C=O) groups is 3. The Balaban J connectivity index is 2.81. The van der Waals surface area contributed by atoms with E-state index in [2.05, 4.69) is 5.32 Å². The van der Waals surface area contributed by atoms with Crippen molar-refractivity contribution in [2.24, 2.45) is 5.73 Å². The molecule has 1 aromatic rings. The number of primary amides is 1. The number of nitrogens with two attached hydrogens (primary N) is 1. The van der Waals surface area contributed by atoms with Crippen molar-refractivity contribution >= 4 is 23.5 Å². The van der Waals surface area contributed by atoms with E-state index in [9.17, 15) is 14.4 Å². The third-order valence-electron chi connectivity index (χ3n) is 1.81. The predicted octanol–water partition coefficient (Wildman–Crippen LogP) is 0.121. The highest BCUT2D eigenvalue weighted by atomic mass is 16.4. The van der Waals surface area contributed by atoms with Gasteiger partial charge in [0, 0.05) is 11.8 Å². The highest BCUT2D eigenvalue weighted by Crippen LogP contribution is 2.05. The lowest BCUT2D eigenvalue weighted by Gasteiger charge is -2.01. The SMILES string of the molecule is NC(=O)C(=CC(=O)Nc1ccccc1)C(=O)O. The van der Waals surface area contributed by atoms with Gasteiger partial charge in [0.15, 0.2) is 0 Å². The van der Waals surface area contributed by atoms with Crippen LogP contribution >= 0.6 is 0 Å². The Bertz CT molecular complexity index is 464. The van der Waals surface area contributed by atoms with Crippen molar-refractivity contribution in [2.45, 2.75) is 0 Å². The highest BCUT2D eigenvalue weighted by molar-refractivity contribution is 6.19. The summed E-state index contributed by atoms with van der Waals surface area (Å²) >= 11 is 0. The quantitative estimate of drug-likeness (QED) is 0.390. The second-order valence-electron chi connectivity index (χ2n) is 3.08. The molecule has 1 aromatic carbocycles. The Morgan fingerprint density at radius 1 is 1.18 bits per heavy atom. The van der Waals surface area contributed by atoms with Crippen LogP contribution in [0.15, 0.2) is 42.0 Å². The molecular formula is C11H10N2O4. The fourth-order valence-electron chi connectivity index (χ4n) is 1.07. The fourth-order valence-corrected chi connectivity index (χ4v) is 1.07. The lowest BCUT2D eigenvalue weighted by Crippen LogP contribution is -2.22. The molecule has 6 nitrogen and oxygen atoms in total. The van der Waals surface area contributed by atoms with Crippen LogP contribution in [-0.4, -0.2) is 22.9 Å². The Hall–Kier alpha value is -2.63. The molecule has 17 heavy (non-hydrogen) atoms. The lowest BCUT2D eigenvalue weighted by molar-refractivity contribution is -0.134. The highest BCUT2D eigenvalue weighted by Gasteiger charge is 2.15. The number of nitrogens with one attached hydrogen (secondary N) is 1. The van der Waals surface area contributed by atoms with Gasteiger partial charge in [-0.05, 0) is 12.1 Å². The second-order valence-corrected chi connectivity index (χ2v) is 3.08. The zero-order valence-electron chi connectivity index (χ0n) is 8.71. The van der Waals surface area contributed by atoms with Crippen LogP contribution < -0.4 is 11.1 Å². The minimum absolute atomic E-state index is 0.489. The third kappa shape index (κ3) is 3.78. The average molecular weight is 234 g/mol. The fraction of sp³-hybridized carbons (Fsp3) is 0. The number of hydrogen-bond acceptors (Lipinski definition) is 3. The van der Waals surface area contributed by atoms with E-state index < -0.39 is 23.4 Å². The number of aliphatic carboxylic acids is 1. The van der Waals surface area contributed by atoms with Crippen LogP contribution in [0.4, 0.5) is 5.69 Å². The first kappa shape index (κ1) is 12.4. The molecule has 0 spiro atoms. The van der Waals surface area contributed by atoms with Gasteiger partial charge in [0.25, 0.3) is 5.91 Å². The summed E-state index contributed by atoms with van der Waals surface area (Å²) in [6, 6.07) is 8.40. The third-order valence-corrected chi connectivity index (χ3v) is 1.81. The van der Waals surface area contributed by atoms with Crippen LogP contribution in [0.25, 0.3) is 0 Å². The Labute approximate surface area is 96.7 Å². The van der Waals surface area contributed by atoms with Crippen molar-refractivity contribution in [1.29, 1.82) is 0 Å². The predicted molar refractivity (Wildman–Crippen MR) is 60.0 cm³/mol. The Kier molecular flexibility index (Phi) is 3.99. The first-order chi connectivity index (χ1) is 8.00. The molecule has 0 radical (unpaired) electrons. The van der Waals surface area contributed by atoms with Crippen molar-refractivity contribution in [2.75, 3.05) is 5.32 Å². The van der Waals surface area contributed by atoms with E-state index in [0.29, 0.717) is 11.8 Å². The van der Waals surface area contributed by atoms with Crippen molar-refractivity contribution < 1.29 is 19.5 Å². The zero-order chi connectivity index (χ0) is 12.8. The van der Waals surface area contributed by atoms with Crippen LogP contribution in [0.2, 0.25) is 0 Å². The van der Waals surface area contributed by atoms with Gasteiger partial charge in [0.05, 0.1) is 0 Å². The van der Waals surface area contributed by atoms with Gasteiger partial charge in [-0.2, -0.15) is 0 Å². The van der Waals surface area contributed by atoms with E-state index in [1.54, 1.807) is 30.3 Å². The number of para-hydroxylation sites is 1. The van der Waals surface area contributed by atoms with Crippen LogP contribution in [0.3, 0.4) is 0 Å².